The molecule has 0 fully saturated rings. The van der Waals surface area contributed by atoms with Crippen molar-refractivity contribution in [1.82, 2.24) is 0 Å². The van der Waals surface area contributed by atoms with Crippen LogP contribution in [0.25, 0.3) is 0 Å². The van der Waals surface area contributed by atoms with Gasteiger partial charge in [-0.3, -0.25) is 5.32 Å². The Morgan fingerprint density at radius 1 is 0.963 bits per heavy atom. The van der Waals surface area contributed by atoms with E-state index in [1.54, 1.807) is 54.6 Å². The van der Waals surface area contributed by atoms with E-state index < -0.39 is 11.7 Å². The molecule has 27 heavy (non-hydrogen) atoms. The average Bonchev–Trinajstić information content (AvgIpc) is 2.56. The van der Waals surface area contributed by atoms with Gasteiger partial charge in [0.05, 0.1) is 0 Å². The number of hydrogen-bond acceptors (Lipinski definition) is 4. The Bertz CT molecular complexity index is 777. The minimum atomic E-state index is -0.546. The molecule has 7 heteroatoms. The van der Waals surface area contributed by atoms with Gasteiger partial charge in [0.25, 0.3) is 0 Å². The fourth-order valence-electron chi connectivity index (χ4n) is 1.97. The van der Waals surface area contributed by atoms with E-state index in [1.807, 2.05) is 20.8 Å². The van der Waals surface area contributed by atoms with Gasteiger partial charge in [0.1, 0.15) is 33.9 Å². The van der Waals surface area contributed by atoms with Crippen molar-refractivity contribution >= 4 is 35.0 Å². The Hall–Kier alpha value is -2.37. The van der Waals surface area contributed by atoms with E-state index in [9.17, 15) is 4.79 Å². The fourth-order valence-corrected chi connectivity index (χ4v) is 2.09. The third-order valence-electron chi connectivity index (χ3n) is 3.05. The van der Waals surface area contributed by atoms with Gasteiger partial charge in [-0.25, -0.2) is 4.79 Å². The summed E-state index contributed by atoms with van der Waals surface area (Å²) in [4.78, 5) is 11.8. The van der Waals surface area contributed by atoms with E-state index >= 15 is 0 Å². The van der Waals surface area contributed by atoms with Gasteiger partial charge in [0, 0.05) is 5.69 Å². The molecule has 144 valence electrons. The van der Waals surface area contributed by atoms with Gasteiger partial charge in [0.15, 0.2) is 0 Å². The lowest BCUT2D eigenvalue weighted by Crippen LogP contribution is -2.27. The molecule has 0 radical (unpaired) electrons. The Morgan fingerprint density at radius 2 is 1.48 bits per heavy atom. The number of hydrogen-bond donors (Lipinski definition) is 1. The number of ether oxygens (including phenoxy) is 3. The second-order valence-electron chi connectivity index (χ2n) is 6.53. The van der Waals surface area contributed by atoms with Crippen LogP contribution in [0.4, 0.5) is 10.5 Å². The maximum absolute atomic E-state index is 11.8. The molecule has 0 aliphatic rings. The summed E-state index contributed by atoms with van der Waals surface area (Å²) in [5.74, 6) is 1.96. The second-order valence-corrected chi connectivity index (χ2v) is 7.54. The van der Waals surface area contributed by atoms with Crippen LogP contribution in [0.2, 0.25) is 0 Å². The third kappa shape index (κ3) is 8.24. The highest BCUT2D eigenvalue weighted by Crippen LogP contribution is 2.25. The number of rotatable bonds is 6. The molecular formula is C20H21Cl2NO4. The zero-order valence-electron chi connectivity index (χ0n) is 15.3. The zero-order valence-corrected chi connectivity index (χ0v) is 16.8. The van der Waals surface area contributed by atoms with E-state index in [4.69, 9.17) is 37.4 Å². The van der Waals surface area contributed by atoms with E-state index in [1.165, 1.54) is 0 Å². The molecule has 0 aliphatic carbocycles. The van der Waals surface area contributed by atoms with Gasteiger partial charge in [0.2, 0.25) is 0 Å². The maximum Gasteiger partial charge on any atom is 0.412 e. The molecule has 2 aromatic carbocycles. The molecule has 1 N–H and O–H groups in total. The third-order valence-corrected chi connectivity index (χ3v) is 3.36. The molecule has 0 bridgehead atoms. The number of amides is 1. The van der Waals surface area contributed by atoms with Crippen LogP contribution in [0.1, 0.15) is 20.8 Å². The van der Waals surface area contributed by atoms with Crippen molar-refractivity contribution in [2.24, 2.45) is 0 Å². The molecule has 0 aromatic heterocycles. The van der Waals surface area contributed by atoms with E-state index in [0.717, 1.165) is 0 Å². The van der Waals surface area contributed by atoms with Crippen molar-refractivity contribution < 1.29 is 19.0 Å². The Morgan fingerprint density at radius 3 is 2.00 bits per heavy atom. The number of halogens is 2. The summed E-state index contributed by atoms with van der Waals surface area (Å²) in [7, 11) is 0. The van der Waals surface area contributed by atoms with Gasteiger partial charge >= 0.3 is 6.09 Å². The van der Waals surface area contributed by atoms with Crippen LogP contribution in [-0.4, -0.2) is 18.3 Å². The quantitative estimate of drug-likeness (QED) is 0.589. The number of carbonyl (C=O) groups is 1. The van der Waals surface area contributed by atoms with Crippen molar-refractivity contribution in [3.63, 3.8) is 0 Å². The average molecular weight is 410 g/mol. The Labute approximate surface area is 168 Å². The topological polar surface area (TPSA) is 56.8 Å². The molecule has 0 unspecified atom stereocenters. The zero-order chi connectivity index (χ0) is 19.9. The molecule has 2 rings (SSSR count). The van der Waals surface area contributed by atoms with E-state index in [0.29, 0.717) is 22.9 Å². The summed E-state index contributed by atoms with van der Waals surface area (Å²) in [6.07, 6.45) is 1.05. The standard InChI is InChI=1S/C20H21Cl2NO4/c1-20(2,3)27-19(24)23-14-4-6-16(7-5-14)26-17-10-8-15(9-11-17)25-13-12-18(21)22/h4-12H,13H2,1-3H3,(H,23,24). The van der Waals surface area contributed by atoms with Gasteiger partial charge in [-0.1, -0.05) is 23.2 Å². The molecule has 0 atom stereocenters. The summed E-state index contributed by atoms with van der Waals surface area (Å²) in [5, 5.41) is 2.67. The highest BCUT2D eigenvalue weighted by Gasteiger charge is 2.16. The van der Waals surface area contributed by atoms with Crippen molar-refractivity contribution in [3.05, 3.63) is 59.1 Å². The summed E-state index contributed by atoms with van der Waals surface area (Å²) < 4.78 is 16.6. The Balaban J connectivity index is 1.88. The second kappa shape index (κ2) is 9.53. The molecule has 2 aromatic rings. The molecular weight excluding hydrogens is 389 g/mol. The lowest BCUT2D eigenvalue weighted by molar-refractivity contribution is 0.0636. The lowest BCUT2D eigenvalue weighted by Gasteiger charge is -2.19. The largest absolute Gasteiger partial charge is 0.489 e. The minimum Gasteiger partial charge on any atom is -0.489 e. The highest BCUT2D eigenvalue weighted by molar-refractivity contribution is 6.55. The Kier molecular flexibility index (Phi) is 7.39. The van der Waals surface area contributed by atoms with Gasteiger partial charge in [-0.2, -0.15) is 0 Å². The van der Waals surface area contributed by atoms with Crippen LogP contribution in [0.3, 0.4) is 0 Å². The normalized spacial score (nSPS) is 10.7. The van der Waals surface area contributed by atoms with Crippen LogP contribution in [-0.2, 0) is 4.74 Å². The van der Waals surface area contributed by atoms with Gasteiger partial charge < -0.3 is 14.2 Å². The maximum atomic E-state index is 11.8. The molecule has 0 saturated carbocycles. The first-order valence-corrected chi connectivity index (χ1v) is 8.99. The number of nitrogens with one attached hydrogen (secondary N) is 1. The molecule has 5 nitrogen and oxygen atoms in total. The molecule has 0 saturated heterocycles. The summed E-state index contributed by atoms with van der Waals surface area (Å²) >= 11 is 11.0. The van der Waals surface area contributed by atoms with Crippen molar-refractivity contribution in [2.45, 2.75) is 26.4 Å². The van der Waals surface area contributed by atoms with Crippen molar-refractivity contribution in [1.29, 1.82) is 0 Å². The lowest BCUT2D eigenvalue weighted by atomic mass is 10.2. The van der Waals surface area contributed by atoms with Crippen LogP contribution in [0.5, 0.6) is 17.2 Å². The molecule has 1 amide bonds. The van der Waals surface area contributed by atoms with Crippen molar-refractivity contribution in [3.8, 4) is 17.2 Å². The van der Waals surface area contributed by atoms with E-state index in [2.05, 4.69) is 5.32 Å². The predicted octanol–water partition coefficient (Wildman–Crippen LogP) is 6.52. The van der Waals surface area contributed by atoms with Gasteiger partial charge in [-0.15, -0.1) is 0 Å². The highest BCUT2D eigenvalue weighted by atomic mass is 35.5. The predicted molar refractivity (Wildman–Crippen MR) is 108 cm³/mol. The smallest absolute Gasteiger partial charge is 0.412 e. The van der Waals surface area contributed by atoms with Crippen LogP contribution >= 0.6 is 23.2 Å². The first-order valence-electron chi connectivity index (χ1n) is 8.23. The van der Waals surface area contributed by atoms with Crippen LogP contribution < -0.4 is 14.8 Å². The fraction of sp³-hybridized carbons (Fsp3) is 0.250. The SMILES string of the molecule is CC(C)(C)OC(=O)Nc1ccc(Oc2ccc(OCC=C(Cl)Cl)cc2)cc1. The van der Waals surface area contributed by atoms with Crippen LogP contribution in [0, 0.1) is 0 Å². The van der Waals surface area contributed by atoms with E-state index in [-0.39, 0.29) is 11.1 Å². The summed E-state index contributed by atoms with van der Waals surface area (Å²) in [6.45, 7) is 5.71. The van der Waals surface area contributed by atoms with Crippen LogP contribution in [0.15, 0.2) is 59.1 Å². The summed E-state index contributed by atoms with van der Waals surface area (Å²) in [5.41, 5.74) is 0.0709. The minimum absolute atomic E-state index is 0.166. The first kappa shape index (κ1) is 20.9. The molecule has 0 aliphatic heterocycles. The monoisotopic (exact) mass is 409 g/mol. The summed E-state index contributed by atoms with van der Waals surface area (Å²) in [6, 6.07) is 14.1. The number of benzene rings is 2. The number of anilines is 1. The number of carbonyl (C=O) groups excluding carboxylic acids is 1. The van der Waals surface area contributed by atoms with Crippen molar-refractivity contribution in [2.75, 3.05) is 11.9 Å². The molecule has 0 heterocycles. The van der Waals surface area contributed by atoms with Gasteiger partial charge in [-0.05, 0) is 75.4 Å². The first-order chi connectivity index (χ1) is 12.7. The molecule has 0 spiro atoms.